The first-order valence-corrected chi connectivity index (χ1v) is 7.09. The highest BCUT2D eigenvalue weighted by atomic mass is 19.1. The van der Waals surface area contributed by atoms with Crippen LogP contribution >= 0.6 is 0 Å². The van der Waals surface area contributed by atoms with Crippen molar-refractivity contribution >= 4 is 0 Å². The van der Waals surface area contributed by atoms with E-state index in [-0.39, 0.29) is 17.4 Å². The van der Waals surface area contributed by atoms with Crippen LogP contribution in [0.2, 0.25) is 0 Å². The van der Waals surface area contributed by atoms with Crippen LogP contribution in [0.1, 0.15) is 44.7 Å². The van der Waals surface area contributed by atoms with E-state index in [4.69, 9.17) is 5.84 Å². The van der Waals surface area contributed by atoms with Crippen LogP contribution in [0.4, 0.5) is 4.39 Å². The largest absolute Gasteiger partial charge is 0.296 e. The third kappa shape index (κ3) is 2.66. The fourth-order valence-corrected chi connectivity index (χ4v) is 3.15. The molecule has 3 N–H and O–H groups in total. The van der Waals surface area contributed by atoms with E-state index in [0.717, 1.165) is 19.5 Å². The molecule has 1 aliphatic rings. The van der Waals surface area contributed by atoms with Gasteiger partial charge in [-0.15, -0.1) is 0 Å². The third-order valence-electron chi connectivity index (χ3n) is 4.55. The van der Waals surface area contributed by atoms with Gasteiger partial charge in [0.15, 0.2) is 0 Å². The molecule has 1 aromatic carbocycles. The first-order chi connectivity index (χ1) is 9.13. The van der Waals surface area contributed by atoms with E-state index in [1.54, 1.807) is 6.07 Å². The van der Waals surface area contributed by atoms with Gasteiger partial charge in [-0.05, 0) is 45.3 Å². The van der Waals surface area contributed by atoms with Gasteiger partial charge >= 0.3 is 0 Å². The lowest BCUT2D eigenvalue weighted by molar-refractivity contribution is 0.0825. The monoisotopic (exact) mass is 265 g/mol. The Morgan fingerprint density at radius 2 is 2.00 bits per heavy atom. The van der Waals surface area contributed by atoms with E-state index >= 15 is 0 Å². The van der Waals surface area contributed by atoms with Crippen LogP contribution in [0.25, 0.3) is 0 Å². The molecule has 0 radical (unpaired) electrons. The number of rotatable bonds is 5. The van der Waals surface area contributed by atoms with Crippen LogP contribution in [-0.4, -0.2) is 23.5 Å². The van der Waals surface area contributed by atoms with Crippen molar-refractivity contribution in [1.29, 1.82) is 0 Å². The number of hydrogen-bond donors (Lipinski definition) is 2. The SMILES string of the molecule is CCC(C)(C(NN)c1ccccc1F)N1CCCC1. The molecule has 0 aromatic heterocycles. The minimum atomic E-state index is -0.197. The van der Waals surface area contributed by atoms with Crippen molar-refractivity contribution in [2.24, 2.45) is 5.84 Å². The van der Waals surface area contributed by atoms with Crippen molar-refractivity contribution in [2.75, 3.05) is 13.1 Å². The van der Waals surface area contributed by atoms with Gasteiger partial charge in [0, 0.05) is 11.1 Å². The highest BCUT2D eigenvalue weighted by Crippen LogP contribution is 2.36. The predicted molar refractivity (Wildman–Crippen MR) is 76.0 cm³/mol. The lowest BCUT2D eigenvalue weighted by Gasteiger charge is -2.44. The summed E-state index contributed by atoms with van der Waals surface area (Å²) in [6.07, 6.45) is 3.35. The maximum Gasteiger partial charge on any atom is 0.128 e. The molecule has 106 valence electrons. The molecular formula is C15H24FN3. The van der Waals surface area contributed by atoms with Gasteiger partial charge in [-0.1, -0.05) is 25.1 Å². The standard InChI is InChI=1S/C15H24FN3/c1-3-15(2,19-10-6-7-11-19)14(18-17)12-8-4-5-9-13(12)16/h4-5,8-9,14,18H,3,6-7,10-11,17H2,1-2H3. The van der Waals surface area contributed by atoms with Gasteiger partial charge in [0.05, 0.1) is 6.04 Å². The van der Waals surface area contributed by atoms with Crippen LogP contribution in [-0.2, 0) is 0 Å². The van der Waals surface area contributed by atoms with E-state index in [1.807, 2.05) is 12.1 Å². The van der Waals surface area contributed by atoms with Crippen LogP contribution in [0, 0.1) is 5.82 Å². The fourth-order valence-electron chi connectivity index (χ4n) is 3.15. The Bertz CT molecular complexity index is 418. The molecule has 2 rings (SSSR count). The molecule has 1 saturated heterocycles. The van der Waals surface area contributed by atoms with Gasteiger partial charge in [0.2, 0.25) is 0 Å². The summed E-state index contributed by atoms with van der Waals surface area (Å²) in [6.45, 7) is 6.45. The summed E-state index contributed by atoms with van der Waals surface area (Å²) in [5.74, 6) is 5.57. The molecule has 0 spiro atoms. The number of benzene rings is 1. The maximum absolute atomic E-state index is 14.1. The van der Waals surface area contributed by atoms with Crippen molar-refractivity contribution < 1.29 is 4.39 Å². The zero-order valence-electron chi connectivity index (χ0n) is 11.8. The summed E-state index contributed by atoms with van der Waals surface area (Å²) in [7, 11) is 0. The molecule has 0 saturated carbocycles. The molecule has 4 heteroatoms. The van der Waals surface area contributed by atoms with E-state index in [9.17, 15) is 4.39 Å². The topological polar surface area (TPSA) is 41.3 Å². The number of nitrogens with one attached hydrogen (secondary N) is 1. The second kappa shape index (κ2) is 5.99. The molecule has 1 fully saturated rings. The Morgan fingerprint density at radius 1 is 1.37 bits per heavy atom. The van der Waals surface area contributed by atoms with Crippen molar-refractivity contribution in [1.82, 2.24) is 10.3 Å². The first kappa shape index (κ1) is 14.4. The summed E-state index contributed by atoms with van der Waals surface area (Å²) in [5, 5.41) is 0. The first-order valence-electron chi connectivity index (χ1n) is 7.09. The van der Waals surface area contributed by atoms with Crippen molar-refractivity contribution in [3.8, 4) is 0 Å². The number of hydrogen-bond acceptors (Lipinski definition) is 3. The average Bonchev–Trinajstić information content (AvgIpc) is 2.96. The Balaban J connectivity index is 2.35. The van der Waals surface area contributed by atoms with Gasteiger partial charge < -0.3 is 0 Å². The molecule has 0 aliphatic carbocycles. The van der Waals surface area contributed by atoms with Gasteiger partial charge in [-0.25, -0.2) is 4.39 Å². The minimum Gasteiger partial charge on any atom is -0.296 e. The summed E-state index contributed by atoms with van der Waals surface area (Å²) < 4.78 is 14.1. The lowest BCUT2D eigenvalue weighted by Crippen LogP contribution is -2.55. The third-order valence-corrected chi connectivity index (χ3v) is 4.55. The molecule has 0 bridgehead atoms. The lowest BCUT2D eigenvalue weighted by atomic mass is 9.83. The van der Waals surface area contributed by atoms with Gasteiger partial charge in [-0.2, -0.15) is 0 Å². The number of nitrogens with zero attached hydrogens (tertiary/aromatic N) is 1. The number of likely N-dealkylation sites (tertiary alicyclic amines) is 1. The number of hydrazine groups is 1. The zero-order valence-corrected chi connectivity index (χ0v) is 11.8. The molecule has 0 amide bonds. The second-order valence-electron chi connectivity index (χ2n) is 5.53. The van der Waals surface area contributed by atoms with Crippen molar-refractivity contribution in [3.63, 3.8) is 0 Å². The van der Waals surface area contributed by atoms with Gasteiger partial charge in [-0.3, -0.25) is 16.2 Å². The molecule has 1 aromatic rings. The van der Waals surface area contributed by atoms with Crippen LogP contribution < -0.4 is 11.3 Å². The predicted octanol–water partition coefficient (Wildman–Crippen LogP) is 2.59. The van der Waals surface area contributed by atoms with E-state index in [0.29, 0.717) is 5.56 Å². The molecule has 2 unspecified atom stereocenters. The molecule has 19 heavy (non-hydrogen) atoms. The molecule has 1 heterocycles. The smallest absolute Gasteiger partial charge is 0.128 e. The Kier molecular flexibility index (Phi) is 4.55. The van der Waals surface area contributed by atoms with E-state index in [2.05, 4.69) is 24.2 Å². The summed E-state index contributed by atoms with van der Waals surface area (Å²) in [5.41, 5.74) is 3.34. The summed E-state index contributed by atoms with van der Waals surface area (Å²) in [6, 6.07) is 6.70. The average molecular weight is 265 g/mol. The molecular weight excluding hydrogens is 241 g/mol. The van der Waals surface area contributed by atoms with Crippen LogP contribution in [0.3, 0.4) is 0 Å². The summed E-state index contributed by atoms with van der Waals surface area (Å²) >= 11 is 0. The Labute approximate surface area is 114 Å². The number of halogens is 1. The van der Waals surface area contributed by atoms with Crippen LogP contribution in [0.15, 0.2) is 24.3 Å². The van der Waals surface area contributed by atoms with E-state index < -0.39 is 0 Å². The minimum absolute atomic E-state index is 0.159. The summed E-state index contributed by atoms with van der Waals surface area (Å²) in [4.78, 5) is 2.43. The van der Waals surface area contributed by atoms with Gasteiger partial charge in [0.1, 0.15) is 5.82 Å². The Morgan fingerprint density at radius 3 is 2.53 bits per heavy atom. The fraction of sp³-hybridized carbons (Fsp3) is 0.600. The normalized spacial score (nSPS) is 21.3. The second-order valence-corrected chi connectivity index (χ2v) is 5.53. The zero-order chi connectivity index (χ0) is 13.9. The quantitative estimate of drug-likeness (QED) is 0.635. The highest BCUT2D eigenvalue weighted by Gasteiger charge is 2.40. The number of nitrogens with two attached hydrogens (primary N) is 1. The van der Waals surface area contributed by atoms with Crippen molar-refractivity contribution in [2.45, 2.75) is 44.7 Å². The molecule has 3 nitrogen and oxygen atoms in total. The van der Waals surface area contributed by atoms with Crippen molar-refractivity contribution in [3.05, 3.63) is 35.6 Å². The highest BCUT2D eigenvalue weighted by molar-refractivity contribution is 5.25. The van der Waals surface area contributed by atoms with Crippen LogP contribution in [0.5, 0.6) is 0 Å². The maximum atomic E-state index is 14.1. The van der Waals surface area contributed by atoms with Gasteiger partial charge in [0.25, 0.3) is 0 Å². The molecule has 1 aliphatic heterocycles. The van der Waals surface area contributed by atoms with E-state index in [1.165, 1.54) is 18.9 Å². The Hall–Kier alpha value is -0.970. The molecule has 2 atom stereocenters.